The minimum Gasteiger partial charge on any atom is -0.489 e. The van der Waals surface area contributed by atoms with Gasteiger partial charge in [-0.15, -0.1) is 0 Å². The summed E-state index contributed by atoms with van der Waals surface area (Å²) in [5.74, 6) is 1.51. The molecule has 0 saturated carbocycles. The molecule has 0 aliphatic heterocycles. The molecule has 94 valence electrons. The van der Waals surface area contributed by atoms with E-state index in [0.29, 0.717) is 12.5 Å². The number of ether oxygens (including phenoxy) is 1. The van der Waals surface area contributed by atoms with Crippen molar-refractivity contribution < 1.29 is 4.74 Å². The third kappa shape index (κ3) is 3.73. The number of aromatic nitrogens is 2. The first-order chi connectivity index (χ1) is 8.74. The number of nitrogens with one attached hydrogen (secondary N) is 1. The second kappa shape index (κ2) is 6.00. The molecule has 1 aromatic carbocycles. The topological polar surface area (TPSA) is 47.0 Å². The Bertz CT molecular complexity index is 487. The summed E-state index contributed by atoms with van der Waals surface area (Å²) in [6.07, 6.45) is 1.80. The van der Waals surface area contributed by atoms with Crippen molar-refractivity contribution in [1.82, 2.24) is 9.97 Å². The monoisotopic (exact) mass is 243 g/mol. The summed E-state index contributed by atoms with van der Waals surface area (Å²) in [7, 11) is 0. The van der Waals surface area contributed by atoms with Gasteiger partial charge in [0.2, 0.25) is 5.95 Å². The number of aryl methyl sites for hydroxylation is 1. The third-order valence-electron chi connectivity index (χ3n) is 2.42. The second-order valence-corrected chi connectivity index (χ2v) is 4.14. The quantitative estimate of drug-likeness (QED) is 0.877. The molecule has 0 spiro atoms. The third-order valence-corrected chi connectivity index (χ3v) is 2.42. The first kappa shape index (κ1) is 12.4. The zero-order chi connectivity index (χ0) is 12.8. The number of hydrogen-bond acceptors (Lipinski definition) is 4. The molecular formula is C14H17N3O. The maximum atomic E-state index is 5.75. The maximum absolute atomic E-state index is 5.75. The smallest absolute Gasteiger partial charge is 0.222 e. The predicted octanol–water partition coefficient (Wildman–Crippen LogP) is 2.66. The molecule has 1 aromatic heterocycles. The molecule has 1 N–H and O–H groups in total. The van der Waals surface area contributed by atoms with Crippen molar-refractivity contribution in [3.8, 4) is 5.75 Å². The first-order valence-electron chi connectivity index (χ1n) is 5.99. The molecule has 0 fully saturated rings. The van der Waals surface area contributed by atoms with Crippen molar-refractivity contribution in [2.24, 2.45) is 0 Å². The van der Waals surface area contributed by atoms with Crippen molar-refractivity contribution in [3.63, 3.8) is 0 Å². The molecular weight excluding hydrogens is 226 g/mol. The number of hydrogen-bond donors (Lipinski definition) is 1. The van der Waals surface area contributed by atoms with Crippen LogP contribution in [0.4, 0.5) is 5.95 Å². The highest BCUT2D eigenvalue weighted by molar-refractivity contribution is 5.25. The minimum absolute atomic E-state index is 0.0523. The molecule has 0 aliphatic carbocycles. The van der Waals surface area contributed by atoms with E-state index in [1.165, 1.54) is 0 Å². The molecule has 2 aromatic rings. The first-order valence-corrected chi connectivity index (χ1v) is 5.99. The van der Waals surface area contributed by atoms with Gasteiger partial charge < -0.3 is 10.1 Å². The van der Waals surface area contributed by atoms with Crippen molar-refractivity contribution >= 4 is 5.95 Å². The number of anilines is 1. The van der Waals surface area contributed by atoms with Gasteiger partial charge in [-0.05, 0) is 32.0 Å². The zero-order valence-electron chi connectivity index (χ0n) is 10.6. The van der Waals surface area contributed by atoms with E-state index >= 15 is 0 Å². The SMILES string of the molecule is Cc1ccnc(NCC(C)Oc2ccccc2)n1. The molecule has 1 unspecified atom stereocenters. The molecule has 0 bridgehead atoms. The molecule has 0 radical (unpaired) electrons. The molecule has 0 saturated heterocycles. The van der Waals surface area contributed by atoms with E-state index in [1.807, 2.05) is 50.2 Å². The van der Waals surface area contributed by atoms with E-state index in [4.69, 9.17) is 4.74 Å². The highest BCUT2D eigenvalue weighted by Crippen LogP contribution is 2.10. The van der Waals surface area contributed by atoms with Crippen LogP contribution in [-0.2, 0) is 0 Å². The van der Waals surface area contributed by atoms with Crippen LogP contribution in [0.5, 0.6) is 5.75 Å². The lowest BCUT2D eigenvalue weighted by Gasteiger charge is -2.15. The van der Waals surface area contributed by atoms with E-state index in [0.717, 1.165) is 11.4 Å². The molecule has 18 heavy (non-hydrogen) atoms. The van der Waals surface area contributed by atoms with Crippen LogP contribution in [0.1, 0.15) is 12.6 Å². The predicted molar refractivity (Wildman–Crippen MR) is 71.8 cm³/mol. The van der Waals surface area contributed by atoms with Crippen LogP contribution in [0.3, 0.4) is 0 Å². The van der Waals surface area contributed by atoms with Crippen molar-refractivity contribution in [1.29, 1.82) is 0 Å². The van der Waals surface area contributed by atoms with Gasteiger partial charge in [0.1, 0.15) is 11.9 Å². The van der Waals surface area contributed by atoms with E-state index in [9.17, 15) is 0 Å². The summed E-state index contributed by atoms with van der Waals surface area (Å²) < 4.78 is 5.75. The van der Waals surface area contributed by atoms with E-state index in [2.05, 4.69) is 15.3 Å². The lowest BCUT2D eigenvalue weighted by atomic mass is 10.3. The Labute approximate surface area is 107 Å². The number of benzene rings is 1. The maximum Gasteiger partial charge on any atom is 0.222 e. The fourth-order valence-electron chi connectivity index (χ4n) is 1.54. The van der Waals surface area contributed by atoms with Crippen LogP contribution in [0.2, 0.25) is 0 Å². The largest absolute Gasteiger partial charge is 0.489 e. The van der Waals surface area contributed by atoms with Crippen molar-refractivity contribution in [3.05, 3.63) is 48.3 Å². The summed E-state index contributed by atoms with van der Waals surface area (Å²) in [6, 6.07) is 11.6. The van der Waals surface area contributed by atoms with Crippen LogP contribution < -0.4 is 10.1 Å². The van der Waals surface area contributed by atoms with Gasteiger partial charge in [-0.2, -0.15) is 0 Å². The summed E-state index contributed by atoms with van der Waals surface area (Å²) in [5, 5.41) is 3.16. The Kier molecular flexibility index (Phi) is 4.12. The van der Waals surface area contributed by atoms with Crippen molar-refractivity contribution in [2.75, 3.05) is 11.9 Å². The summed E-state index contributed by atoms with van der Waals surface area (Å²) in [6.45, 7) is 4.62. The summed E-state index contributed by atoms with van der Waals surface area (Å²) in [5.41, 5.74) is 0.948. The van der Waals surface area contributed by atoms with Gasteiger partial charge in [0.05, 0.1) is 6.54 Å². The van der Waals surface area contributed by atoms with Gasteiger partial charge in [0.25, 0.3) is 0 Å². The van der Waals surface area contributed by atoms with Crippen LogP contribution in [-0.4, -0.2) is 22.6 Å². The van der Waals surface area contributed by atoms with E-state index in [1.54, 1.807) is 6.20 Å². The number of rotatable bonds is 5. The molecule has 2 rings (SSSR count). The zero-order valence-corrected chi connectivity index (χ0v) is 10.6. The highest BCUT2D eigenvalue weighted by Gasteiger charge is 2.04. The van der Waals surface area contributed by atoms with Crippen LogP contribution in [0.15, 0.2) is 42.6 Å². The molecule has 1 heterocycles. The normalized spacial score (nSPS) is 11.9. The average molecular weight is 243 g/mol. The minimum atomic E-state index is 0.0523. The highest BCUT2D eigenvalue weighted by atomic mass is 16.5. The second-order valence-electron chi connectivity index (χ2n) is 4.14. The van der Waals surface area contributed by atoms with Crippen LogP contribution in [0.25, 0.3) is 0 Å². The van der Waals surface area contributed by atoms with Gasteiger partial charge >= 0.3 is 0 Å². The average Bonchev–Trinajstić information content (AvgIpc) is 2.38. The van der Waals surface area contributed by atoms with Gasteiger partial charge in [-0.25, -0.2) is 9.97 Å². The van der Waals surface area contributed by atoms with Gasteiger partial charge in [0.15, 0.2) is 0 Å². The standard InChI is InChI=1S/C14H17N3O/c1-11-8-9-15-14(17-11)16-10-12(2)18-13-6-4-3-5-7-13/h3-9,12H,10H2,1-2H3,(H,15,16,17). The Hall–Kier alpha value is -2.10. The Morgan fingerprint density at radius 2 is 2.00 bits per heavy atom. The molecule has 0 amide bonds. The number of para-hydroxylation sites is 1. The summed E-state index contributed by atoms with van der Waals surface area (Å²) in [4.78, 5) is 8.42. The van der Waals surface area contributed by atoms with Gasteiger partial charge in [-0.3, -0.25) is 0 Å². The Morgan fingerprint density at radius 3 is 2.72 bits per heavy atom. The molecule has 4 nitrogen and oxygen atoms in total. The van der Waals surface area contributed by atoms with Gasteiger partial charge in [-0.1, -0.05) is 18.2 Å². The molecule has 0 aliphatic rings. The molecule has 4 heteroatoms. The fraction of sp³-hybridized carbons (Fsp3) is 0.286. The Morgan fingerprint density at radius 1 is 1.22 bits per heavy atom. The van der Waals surface area contributed by atoms with Crippen LogP contribution >= 0.6 is 0 Å². The fourth-order valence-corrected chi connectivity index (χ4v) is 1.54. The number of nitrogens with zero attached hydrogens (tertiary/aromatic N) is 2. The Balaban J connectivity index is 1.83. The van der Waals surface area contributed by atoms with Crippen LogP contribution in [0, 0.1) is 6.92 Å². The lowest BCUT2D eigenvalue weighted by molar-refractivity contribution is 0.234. The molecule has 1 atom stereocenters. The van der Waals surface area contributed by atoms with E-state index in [-0.39, 0.29) is 6.10 Å². The van der Waals surface area contributed by atoms with E-state index < -0.39 is 0 Å². The lowest BCUT2D eigenvalue weighted by Crippen LogP contribution is -2.23. The van der Waals surface area contributed by atoms with Crippen molar-refractivity contribution in [2.45, 2.75) is 20.0 Å². The van der Waals surface area contributed by atoms with Gasteiger partial charge in [0, 0.05) is 11.9 Å². The summed E-state index contributed by atoms with van der Waals surface area (Å²) >= 11 is 0.